The molecule has 2 unspecified atom stereocenters. The van der Waals surface area contributed by atoms with Crippen molar-refractivity contribution in [3.05, 3.63) is 95.6 Å². The molecule has 0 bridgehead atoms. The second-order valence-electron chi connectivity index (χ2n) is 9.30. The normalized spacial score (nSPS) is 24.4. The van der Waals surface area contributed by atoms with Gasteiger partial charge in [0.05, 0.1) is 12.2 Å². The summed E-state index contributed by atoms with van der Waals surface area (Å²) in [6, 6.07) is 0. The summed E-state index contributed by atoms with van der Waals surface area (Å²) in [6.07, 6.45) is 30.1. The van der Waals surface area contributed by atoms with Crippen molar-refractivity contribution < 1.29 is 87.2 Å². The fourth-order valence-corrected chi connectivity index (χ4v) is 4.05. The fourth-order valence-electron chi connectivity index (χ4n) is 4.05. The van der Waals surface area contributed by atoms with Crippen molar-refractivity contribution in [2.24, 2.45) is 0 Å². The molecule has 8 heteroatoms. The first kappa shape index (κ1) is 39.6. The van der Waals surface area contributed by atoms with Gasteiger partial charge in [0, 0.05) is 12.8 Å². The zero-order valence-electron chi connectivity index (χ0n) is 23.1. The van der Waals surface area contributed by atoms with Crippen LogP contribution in [0.15, 0.2) is 83.4 Å². The molecule has 0 saturated heterocycles. The molecule has 4 nitrogen and oxygen atoms in total. The number of rotatable bonds is 8. The Labute approximate surface area is 272 Å². The second kappa shape index (κ2) is 18.7. The van der Waals surface area contributed by atoms with Crippen LogP contribution in [0.3, 0.4) is 0 Å². The monoisotopic (exact) mass is 628 g/mol. The van der Waals surface area contributed by atoms with Gasteiger partial charge < -0.3 is 43.8 Å². The molecule has 0 heterocycles. The molecule has 0 spiro atoms. The molecule has 4 aliphatic carbocycles. The molecule has 0 radical (unpaired) electrons. The van der Waals surface area contributed by atoms with E-state index < -0.39 is 11.6 Å². The van der Waals surface area contributed by atoms with Crippen LogP contribution in [-0.2, 0) is 62.4 Å². The molecule has 204 valence electrons. The molecule has 0 N–H and O–H groups in total. The maximum Gasteiger partial charge on any atom is 2.00 e. The van der Waals surface area contributed by atoms with Gasteiger partial charge in [-0.3, -0.25) is 0 Å². The van der Waals surface area contributed by atoms with Crippen LogP contribution in [0.5, 0.6) is 0 Å². The van der Waals surface area contributed by atoms with Crippen molar-refractivity contribution in [1.29, 1.82) is 0 Å². The zero-order valence-corrected chi connectivity index (χ0v) is 27.8. The summed E-state index contributed by atoms with van der Waals surface area (Å²) in [7, 11) is 0. The summed E-state index contributed by atoms with van der Waals surface area (Å²) in [6.45, 7) is 12.2. The van der Waals surface area contributed by atoms with Gasteiger partial charge >= 0.3 is 43.4 Å². The minimum Gasteiger partial charge on any atom is -1.00 e. The first-order chi connectivity index (χ1) is 16.2. The van der Waals surface area contributed by atoms with Crippen LogP contribution in [0.4, 0.5) is 0 Å². The van der Waals surface area contributed by atoms with Crippen LogP contribution in [0.1, 0.15) is 67.2 Å². The Bertz CT molecular complexity index is 899. The van der Waals surface area contributed by atoms with E-state index in [0.717, 1.165) is 48.3 Å². The van der Waals surface area contributed by atoms with E-state index in [-0.39, 0.29) is 80.5 Å². The van der Waals surface area contributed by atoms with Crippen LogP contribution in [0.2, 0.25) is 0 Å². The van der Waals surface area contributed by atoms with E-state index >= 15 is 0 Å². The SMILES string of the molecule is CC1=CC=CCC1(OC1=[C-]CC=C1)OC(C)C.CC1=CC=CCC1(OC1=[C-]CC=C1)OC(C)C.[Cl-].[Cl-].[Ti+2].[Ti+2]. The molecule has 0 aromatic carbocycles. The van der Waals surface area contributed by atoms with Crippen molar-refractivity contribution in [2.75, 3.05) is 0 Å². The van der Waals surface area contributed by atoms with E-state index in [1.165, 1.54) is 0 Å². The third-order valence-electron chi connectivity index (χ3n) is 5.67. The summed E-state index contributed by atoms with van der Waals surface area (Å²) < 4.78 is 24.1. The quantitative estimate of drug-likeness (QED) is 0.231. The van der Waals surface area contributed by atoms with Gasteiger partial charge in [-0.1, -0.05) is 36.5 Å². The Morgan fingerprint density at radius 3 is 1.29 bits per heavy atom. The maximum atomic E-state index is 6.04. The minimum absolute atomic E-state index is 0. The van der Waals surface area contributed by atoms with Crippen molar-refractivity contribution in [3.63, 3.8) is 0 Å². The topological polar surface area (TPSA) is 36.9 Å². The first-order valence-corrected chi connectivity index (χ1v) is 12.2. The molecule has 0 saturated carbocycles. The summed E-state index contributed by atoms with van der Waals surface area (Å²) in [5.41, 5.74) is 2.20. The number of hydrogen-bond donors (Lipinski definition) is 0. The summed E-state index contributed by atoms with van der Waals surface area (Å²) in [5, 5.41) is 0. The summed E-state index contributed by atoms with van der Waals surface area (Å²) in [4.78, 5) is 0. The predicted octanol–water partition coefficient (Wildman–Crippen LogP) is 1.36. The van der Waals surface area contributed by atoms with Crippen LogP contribution in [-0.4, -0.2) is 23.8 Å². The third kappa shape index (κ3) is 11.1. The average molecular weight is 629 g/mol. The van der Waals surface area contributed by atoms with Gasteiger partial charge in [-0.15, -0.1) is 12.8 Å². The standard InChI is InChI=1S/2C15H19O2.2ClH.2Ti/c2*1-12(2)16-15(11-7-6-8-13(15)3)17-14-9-4-5-10-14;;;;/h2*4,6-9,12H,5,11H2,1-3H3;2*1H;;/q2*-1;;;2*+2/p-2. The Hall–Kier alpha value is -0.551. The molecular weight excluding hydrogens is 591 g/mol. The van der Waals surface area contributed by atoms with E-state index in [0.29, 0.717) is 0 Å². The Kier molecular flexibility index (Phi) is 19.5. The molecule has 2 atom stereocenters. The van der Waals surface area contributed by atoms with Crippen molar-refractivity contribution in [1.82, 2.24) is 0 Å². The van der Waals surface area contributed by atoms with Crippen molar-refractivity contribution in [3.8, 4) is 0 Å². The van der Waals surface area contributed by atoms with Gasteiger partial charge in [0.2, 0.25) is 11.6 Å². The van der Waals surface area contributed by atoms with Crippen LogP contribution < -0.4 is 24.8 Å². The molecule has 0 aliphatic heterocycles. The van der Waals surface area contributed by atoms with Gasteiger partial charge in [0.15, 0.2) is 0 Å². The molecule has 4 aliphatic rings. The molecule has 4 rings (SSSR count). The molecular formula is C30H38Cl2O4Ti2. The van der Waals surface area contributed by atoms with E-state index in [4.69, 9.17) is 18.9 Å². The number of hydrogen-bond acceptors (Lipinski definition) is 4. The smallest absolute Gasteiger partial charge is 1.00 e. The Morgan fingerprint density at radius 2 is 1.03 bits per heavy atom. The zero-order chi connectivity index (χ0) is 24.6. The second-order valence-corrected chi connectivity index (χ2v) is 9.30. The Balaban J connectivity index is 0. The third-order valence-corrected chi connectivity index (χ3v) is 5.67. The predicted molar refractivity (Wildman–Crippen MR) is 136 cm³/mol. The van der Waals surface area contributed by atoms with Gasteiger partial charge in [-0.25, -0.2) is 12.2 Å². The number of ether oxygens (including phenoxy) is 4. The maximum absolute atomic E-state index is 6.04. The van der Waals surface area contributed by atoms with E-state index in [1.807, 2.05) is 90.2 Å². The first-order valence-electron chi connectivity index (χ1n) is 12.2. The van der Waals surface area contributed by atoms with Gasteiger partial charge in [-0.05, 0) is 64.2 Å². The average Bonchev–Trinajstić information content (AvgIpc) is 3.46. The van der Waals surface area contributed by atoms with E-state index in [2.05, 4.69) is 24.3 Å². The van der Waals surface area contributed by atoms with Crippen LogP contribution in [0.25, 0.3) is 0 Å². The molecule has 38 heavy (non-hydrogen) atoms. The van der Waals surface area contributed by atoms with Crippen molar-refractivity contribution >= 4 is 0 Å². The van der Waals surface area contributed by atoms with Gasteiger partial charge in [-0.2, -0.15) is 24.3 Å². The fraction of sp³-hybridized carbons (Fsp3) is 0.467. The van der Waals surface area contributed by atoms with Crippen LogP contribution in [0, 0.1) is 12.2 Å². The van der Waals surface area contributed by atoms with Gasteiger partial charge in [0.25, 0.3) is 0 Å². The van der Waals surface area contributed by atoms with Crippen molar-refractivity contribution in [2.45, 2.75) is 91.0 Å². The number of allylic oxidation sites excluding steroid dienone is 10. The van der Waals surface area contributed by atoms with Gasteiger partial charge in [0.1, 0.15) is 0 Å². The molecule has 0 aromatic rings. The van der Waals surface area contributed by atoms with Crippen LogP contribution >= 0.6 is 0 Å². The van der Waals surface area contributed by atoms with E-state index in [1.54, 1.807) is 0 Å². The molecule has 0 fully saturated rings. The largest absolute Gasteiger partial charge is 2.00 e. The van der Waals surface area contributed by atoms with E-state index in [9.17, 15) is 0 Å². The minimum atomic E-state index is -0.653. The molecule has 0 amide bonds. The summed E-state index contributed by atoms with van der Waals surface area (Å²) >= 11 is 0. The molecule has 0 aromatic heterocycles. The summed E-state index contributed by atoms with van der Waals surface area (Å²) in [5.74, 6) is 0.266. The Morgan fingerprint density at radius 1 is 0.658 bits per heavy atom. The number of halogens is 2.